The van der Waals surface area contributed by atoms with Crippen molar-refractivity contribution in [3.63, 3.8) is 0 Å². The summed E-state index contributed by atoms with van der Waals surface area (Å²) in [4.78, 5) is 7.90. The molecule has 2 heterocycles. The van der Waals surface area contributed by atoms with Crippen LogP contribution in [0, 0.1) is 11.3 Å². The summed E-state index contributed by atoms with van der Waals surface area (Å²) in [7, 11) is 0. The van der Waals surface area contributed by atoms with Gasteiger partial charge in [0, 0.05) is 21.9 Å². The second kappa shape index (κ2) is 5.61. The van der Waals surface area contributed by atoms with Crippen molar-refractivity contribution in [2.75, 3.05) is 0 Å². The molecular weight excluding hydrogens is 320 g/mol. The first-order chi connectivity index (χ1) is 12.8. The Hall–Kier alpha value is -3.84. The van der Waals surface area contributed by atoms with E-state index in [9.17, 15) is 0 Å². The van der Waals surface area contributed by atoms with E-state index in [2.05, 4.69) is 57.0 Å². The van der Waals surface area contributed by atoms with Gasteiger partial charge in [-0.15, -0.1) is 0 Å². The van der Waals surface area contributed by atoms with Gasteiger partial charge in [0.05, 0.1) is 41.1 Å². The van der Waals surface area contributed by atoms with Crippen molar-refractivity contribution < 1.29 is 0 Å². The zero-order valence-electron chi connectivity index (χ0n) is 13.8. The summed E-state index contributed by atoms with van der Waals surface area (Å²) >= 11 is 0. The number of hydrogen-bond donors (Lipinski definition) is 1. The van der Waals surface area contributed by atoms with E-state index < -0.39 is 0 Å². The third-order valence-electron chi connectivity index (χ3n) is 4.73. The van der Waals surface area contributed by atoms with E-state index in [1.807, 2.05) is 42.9 Å². The van der Waals surface area contributed by atoms with Crippen molar-refractivity contribution in [3.05, 3.63) is 84.8 Å². The lowest BCUT2D eigenvalue weighted by atomic mass is 10.1. The second-order valence-corrected chi connectivity index (χ2v) is 6.21. The average molecular weight is 334 g/mol. The van der Waals surface area contributed by atoms with Crippen LogP contribution in [-0.4, -0.2) is 14.5 Å². The third-order valence-corrected chi connectivity index (χ3v) is 4.73. The van der Waals surface area contributed by atoms with Crippen LogP contribution in [0.15, 0.2) is 79.3 Å². The Morgan fingerprint density at radius 3 is 2.54 bits per heavy atom. The van der Waals surface area contributed by atoms with Gasteiger partial charge in [0.15, 0.2) is 0 Å². The summed E-state index contributed by atoms with van der Waals surface area (Å²) in [6, 6.07) is 24.3. The highest BCUT2D eigenvalue weighted by Crippen LogP contribution is 2.31. The van der Waals surface area contributed by atoms with Gasteiger partial charge in [-0.05, 0) is 24.3 Å². The number of fused-ring (bicyclic) bond motifs is 3. The minimum Gasteiger partial charge on any atom is -0.353 e. The van der Waals surface area contributed by atoms with Crippen LogP contribution in [-0.2, 0) is 0 Å². The molecule has 0 aliphatic heterocycles. The van der Waals surface area contributed by atoms with E-state index in [4.69, 9.17) is 5.26 Å². The van der Waals surface area contributed by atoms with E-state index in [0.717, 1.165) is 28.0 Å². The molecule has 0 fully saturated rings. The van der Waals surface area contributed by atoms with Crippen molar-refractivity contribution in [3.8, 4) is 23.0 Å². The van der Waals surface area contributed by atoms with Crippen molar-refractivity contribution in [1.82, 2.24) is 14.5 Å². The number of benzene rings is 3. The molecular formula is C22H14N4. The number of para-hydroxylation sites is 2. The van der Waals surface area contributed by atoms with Crippen molar-refractivity contribution in [1.29, 1.82) is 5.26 Å². The molecule has 122 valence electrons. The molecule has 0 spiro atoms. The zero-order chi connectivity index (χ0) is 17.5. The average Bonchev–Trinajstić information content (AvgIpc) is 3.32. The Morgan fingerprint density at radius 1 is 0.885 bits per heavy atom. The number of rotatable bonds is 2. The highest BCUT2D eigenvalue weighted by atomic mass is 15.1. The molecule has 0 bridgehead atoms. The summed E-state index contributed by atoms with van der Waals surface area (Å²) in [5, 5.41) is 11.4. The molecule has 4 heteroatoms. The molecule has 0 aliphatic carbocycles. The maximum atomic E-state index is 9.01. The number of imidazole rings is 1. The molecule has 0 aliphatic rings. The lowest BCUT2D eigenvalue weighted by Gasteiger charge is -2.10. The fourth-order valence-corrected chi connectivity index (χ4v) is 3.47. The van der Waals surface area contributed by atoms with Crippen LogP contribution in [0.5, 0.6) is 0 Å². The second-order valence-electron chi connectivity index (χ2n) is 6.21. The van der Waals surface area contributed by atoms with Gasteiger partial charge >= 0.3 is 0 Å². The molecule has 5 rings (SSSR count). The van der Waals surface area contributed by atoms with Crippen LogP contribution in [0.2, 0.25) is 0 Å². The molecule has 4 nitrogen and oxygen atoms in total. The molecule has 1 N–H and O–H groups in total. The minimum atomic E-state index is 0.650. The lowest BCUT2D eigenvalue weighted by molar-refractivity contribution is 1.07. The first-order valence-corrected chi connectivity index (χ1v) is 8.38. The van der Waals surface area contributed by atoms with Crippen molar-refractivity contribution >= 4 is 21.8 Å². The number of nitrogens with zero attached hydrogens (tertiary/aromatic N) is 3. The number of hydrogen-bond acceptors (Lipinski definition) is 2. The van der Waals surface area contributed by atoms with Gasteiger partial charge in [-0.2, -0.15) is 5.26 Å². The third kappa shape index (κ3) is 2.11. The van der Waals surface area contributed by atoms with Gasteiger partial charge in [-0.1, -0.05) is 42.5 Å². The van der Waals surface area contributed by atoms with E-state index in [1.165, 1.54) is 10.8 Å². The summed E-state index contributed by atoms with van der Waals surface area (Å²) < 4.78 is 2.08. The predicted octanol–water partition coefficient (Wildman–Crippen LogP) is 5.05. The van der Waals surface area contributed by atoms with Crippen LogP contribution in [0.1, 0.15) is 5.56 Å². The topological polar surface area (TPSA) is 57.4 Å². The van der Waals surface area contributed by atoms with Crippen LogP contribution < -0.4 is 0 Å². The van der Waals surface area contributed by atoms with Gasteiger partial charge in [0.25, 0.3) is 0 Å². The number of nitriles is 1. The molecule has 3 aromatic carbocycles. The molecule has 0 atom stereocenters. The SMILES string of the molecule is N#Cc1ccc(-c2cncn2-c2cccc3c2[nH]c2ccccc23)cc1. The van der Waals surface area contributed by atoms with E-state index in [-0.39, 0.29) is 0 Å². The van der Waals surface area contributed by atoms with Gasteiger partial charge in [-0.3, -0.25) is 4.57 Å². The van der Waals surface area contributed by atoms with Gasteiger partial charge in [-0.25, -0.2) is 4.98 Å². The Kier molecular flexibility index (Phi) is 3.13. The molecule has 0 radical (unpaired) electrons. The number of H-pyrrole nitrogens is 1. The summed E-state index contributed by atoms with van der Waals surface area (Å²) in [6.07, 6.45) is 3.68. The maximum absolute atomic E-state index is 9.01. The van der Waals surface area contributed by atoms with E-state index in [0.29, 0.717) is 5.56 Å². The zero-order valence-corrected chi connectivity index (χ0v) is 13.8. The Balaban J connectivity index is 1.74. The number of aromatic amines is 1. The first-order valence-electron chi connectivity index (χ1n) is 8.38. The first kappa shape index (κ1) is 14.5. The van der Waals surface area contributed by atoms with Gasteiger partial charge in [0.1, 0.15) is 0 Å². The van der Waals surface area contributed by atoms with Gasteiger partial charge in [0.2, 0.25) is 0 Å². The maximum Gasteiger partial charge on any atom is 0.0997 e. The highest BCUT2D eigenvalue weighted by molar-refractivity contribution is 6.09. The summed E-state index contributed by atoms with van der Waals surface area (Å²) in [5.74, 6) is 0. The molecule has 26 heavy (non-hydrogen) atoms. The Bertz CT molecular complexity index is 1280. The number of aromatic nitrogens is 3. The minimum absolute atomic E-state index is 0.650. The Morgan fingerprint density at radius 2 is 1.69 bits per heavy atom. The normalized spacial score (nSPS) is 11.0. The fourth-order valence-electron chi connectivity index (χ4n) is 3.47. The van der Waals surface area contributed by atoms with Crippen LogP contribution in [0.25, 0.3) is 38.8 Å². The van der Waals surface area contributed by atoms with E-state index >= 15 is 0 Å². The van der Waals surface area contributed by atoms with E-state index in [1.54, 1.807) is 0 Å². The quantitative estimate of drug-likeness (QED) is 0.491. The predicted molar refractivity (Wildman–Crippen MR) is 103 cm³/mol. The van der Waals surface area contributed by atoms with Crippen molar-refractivity contribution in [2.24, 2.45) is 0 Å². The standard InChI is InChI=1S/C22H14N4/c23-12-15-8-10-16(11-9-15)21-13-24-14-26(21)20-7-3-5-18-17-4-1-2-6-19(17)25-22(18)20/h1-11,13-14,25H. The summed E-state index contributed by atoms with van der Waals surface area (Å²) in [5.41, 5.74) is 5.92. The fraction of sp³-hybridized carbons (Fsp3) is 0. The number of nitrogens with one attached hydrogen (secondary N) is 1. The molecule has 5 aromatic rings. The van der Waals surface area contributed by atoms with Crippen LogP contribution in [0.4, 0.5) is 0 Å². The lowest BCUT2D eigenvalue weighted by Crippen LogP contribution is -1.96. The van der Waals surface area contributed by atoms with Gasteiger partial charge < -0.3 is 4.98 Å². The largest absolute Gasteiger partial charge is 0.353 e. The molecule has 2 aromatic heterocycles. The van der Waals surface area contributed by atoms with Crippen molar-refractivity contribution in [2.45, 2.75) is 0 Å². The molecule has 0 amide bonds. The monoisotopic (exact) mass is 334 g/mol. The molecule has 0 saturated heterocycles. The molecule has 0 saturated carbocycles. The highest BCUT2D eigenvalue weighted by Gasteiger charge is 2.12. The Labute approximate surface area is 150 Å². The molecule has 0 unspecified atom stereocenters. The van der Waals surface area contributed by atoms with Crippen LogP contribution in [0.3, 0.4) is 0 Å². The summed E-state index contributed by atoms with van der Waals surface area (Å²) in [6.45, 7) is 0. The van der Waals surface area contributed by atoms with Crippen LogP contribution >= 0.6 is 0 Å². The smallest absolute Gasteiger partial charge is 0.0997 e.